The van der Waals surface area contributed by atoms with E-state index in [0.29, 0.717) is 30.9 Å². The third kappa shape index (κ3) is 4.77. The van der Waals surface area contributed by atoms with Crippen LogP contribution in [0.1, 0.15) is 12.0 Å². The quantitative estimate of drug-likeness (QED) is 0.762. The van der Waals surface area contributed by atoms with E-state index in [0.717, 1.165) is 18.2 Å². The summed E-state index contributed by atoms with van der Waals surface area (Å²) in [6.45, 7) is 0.697. The number of nitriles is 1. The summed E-state index contributed by atoms with van der Waals surface area (Å²) in [4.78, 5) is 0. The number of nitrogens with zero attached hydrogens (tertiary/aromatic N) is 1. The van der Waals surface area contributed by atoms with Crippen LogP contribution in [-0.4, -0.2) is 13.2 Å². The number of rotatable bonds is 6. The first-order valence-corrected chi connectivity index (χ1v) is 6.39. The van der Waals surface area contributed by atoms with Crippen molar-refractivity contribution < 1.29 is 18.3 Å². The highest BCUT2D eigenvalue weighted by Gasteiger charge is 2.01. The van der Waals surface area contributed by atoms with E-state index in [1.54, 1.807) is 24.3 Å². The van der Waals surface area contributed by atoms with Gasteiger partial charge in [0, 0.05) is 24.6 Å². The molecular formula is C16H13F2NO2. The predicted octanol–water partition coefficient (Wildman–Crippen LogP) is 3.68. The fourth-order valence-electron chi connectivity index (χ4n) is 1.68. The molecule has 0 N–H and O–H groups in total. The highest BCUT2D eigenvalue weighted by molar-refractivity contribution is 5.34. The van der Waals surface area contributed by atoms with Gasteiger partial charge in [0.15, 0.2) is 0 Å². The fourth-order valence-corrected chi connectivity index (χ4v) is 1.68. The summed E-state index contributed by atoms with van der Waals surface area (Å²) in [5, 5.41) is 8.66. The Morgan fingerprint density at radius 2 is 1.43 bits per heavy atom. The summed E-state index contributed by atoms with van der Waals surface area (Å²) in [5.74, 6) is -0.519. The van der Waals surface area contributed by atoms with E-state index < -0.39 is 11.6 Å². The topological polar surface area (TPSA) is 42.2 Å². The van der Waals surface area contributed by atoms with Gasteiger partial charge in [-0.2, -0.15) is 5.26 Å². The van der Waals surface area contributed by atoms with E-state index in [9.17, 15) is 8.78 Å². The smallest absolute Gasteiger partial charge is 0.129 e. The molecule has 0 aromatic heterocycles. The molecule has 0 unspecified atom stereocenters. The van der Waals surface area contributed by atoms with Crippen LogP contribution in [0.5, 0.6) is 11.5 Å². The Morgan fingerprint density at radius 3 is 2.00 bits per heavy atom. The molecule has 0 atom stereocenters. The van der Waals surface area contributed by atoms with Gasteiger partial charge in [-0.3, -0.25) is 0 Å². The first kappa shape index (κ1) is 14.8. The SMILES string of the molecule is N#Cc1ccc(OCCCOc2cc(F)cc(F)c2)cc1. The van der Waals surface area contributed by atoms with Crippen LogP contribution in [-0.2, 0) is 0 Å². The van der Waals surface area contributed by atoms with Gasteiger partial charge in [0.05, 0.1) is 24.8 Å². The maximum atomic E-state index is 12.9. The molecule has 2 aromatic rings. The molecule has 0 spiro atoms. The molecule has 0 saturated carbocycles. The zero-order chi connectivity index (χ0) is 15.1. The summed E-state index contributed by atoms with van der Waals surface area (Å²) in [5.41, 5.74) is 0.568. The summed E-state index contributed by atoms with van der Waals surface area (Å²) in [7, 11) is 0. The van der Waals surface area contributed by atoms with Gasteiger partial charge in [-0.05, 0) is 24.3 Å². The van der Waals surface area contributed by atoms with Crippen molar-refractivity contribution in [3.63, 3.8) is 0 Å². The third-order valence-electron chi connectivity index (χ3n) is 2.65. The lowest BCUT2D eigenvalue weighted by molar-refractivity contribution is 0.246. The first-order valence-electron chi connectivity index (χ1n) is 6.39. The first-order chi connectivity index (χ1) is 10.2. The van der Waals surface area contributed by atoms with Crippen LogP contribution in [0.2, 0.25) is 0 Å². The Morgan fingerprint density at radius 1 is 0.857 bits per heavy atom. The van der Waals surface area contributed by atoms with Crippen LogP contribution in [0.4, 0.5) is 8.78 Å². The van der Waals surface area contributed by atoms with Crippen molar-refractivity contribution in [3.05, 3.63) is 59.7 Å². The van der Waals surface area contributed by atoms with Gasteiger partial charge in [-0.25, -0.2) is 8.78 Å². The van der Waals surface area contributed by atoms with Crippen LogP contribution in [0.15, 0.2) is 42.5 Å². The molecule has 21 heavy (non-hydrogen) atoms. The van der Waals surface area contributed by atoms with Gasteiger partial charge in [-0.1, -0.05) is 0 Å². The van der Waals surface area contributed by atoms with Gasteiger partial charge in [0.1, 0.15) is 23.1 Å². The fraction of sp³-hybridized carbons (Fsp3) is 0.188. The highest BCUT2D eigenvalue weighted by Crippen LogP contribution is 2.16. The Kier molecular flexibility index (Phi) is 5.10. The Hall–Kier alpha value is -2.61. The second-order valence-corrected chi connectivity index (χ2v) is 4.29. The molecule has 0 saturated heterocycles. The molecule has 3 nitrogen and oxygen atoms in total. The summed E-state index contributed by atoms with van der Waals surface area (Å²) >= 11 is 0. The lowest BCUT2D eigenvalue weighted by atomic mass is 10.2. The van der Waals surface area contributed by atoms with E-state index >= 15 is 0 Å². The predicted molar refractivity (Wildman–Crippen MR) is 73.1 cm³/mol. The zero-order valence-corrected chi connectivity index (χ0v) is 11.2. The lowest BCUT2D eigenvalue weighted by Gasteiger charge is -2.08. The third-order valence-corrected chi connectivity index (χ3v) is 2.65. The van der Waals surface area contributed by atoms with E-state index in [4.69, 9.17) is 14.7 Å². The largest absolute Gasteiger partial charge is 0.493 e. The standard InChI is InChI=1S/C16H13F2NO2/c17-13-8-14(18)10-16(9-13)21-7-1-6-20-15-4-2-12(11-19)3-5-15/h2-5,8-10H,1,6-7H2. The van der Waals surface area contributed by atoms with Crippen LogP contribution in [0, 0.1) is 23.0 Å². The molecule has 2 rings (SSSR count). The number of benzene rings is 2. The molecule has 0 aliphatic rings. The average Bonchev–Trinajstić information content (AvgIpc) is 2.46. The van der Waals surface area contributed by atoms with Gasteiger partial charge in [0.2, 0.25) is 0 Å². The zero-order valence-electron chi connectivity index (χ0n) is 11.2. The van der Waals surface area contributed by atoms with Crippen molar-refractivity contribution in [1.29, 1.82) is 5.26 Å². The average molecular weight is 289 g/mol. The maximum Gasteiger partial charge on any atom is 0.129 e. The van der Waals surface area contributed by atoms with E-state index in [2.05, 4.69) is 0 Å². The molecule has 0 fully saturated rings. The molecule has 108 valence electrons. The van der Waals surface area contributed by atoms with Crippen LogP contribution < -0.4 is 9.47 Å². The Balaban J connectivity index is 1.71. The molecule has 0 aliphatic carbocycles. The molecule has 5 heteroatoms. The Labute approximate surface area is 121 Å². The molecule has 0 heterocycles. The second kappa shape index (κ2) is 7.25. The molecule has 0 bridgehead atoms. The molecular weight excluding hydrogens is 276 g/mol. The van der Waals surface area contributed by atoms with Crippen LogP contribution in [0.25, 0.3) is 0 Å². The van der Waals surface area contributed by atoms with Gasteiger partial charge in [0.25, 0.3) is 0 Å². The van der Waals surface area contributed by atoms with Crippen molar-refractivity contribution in [3.8, 4) is 17.6 Å². The monoisotopic (exact) mass is 289 g/mol. The van der Waals surface area contributed by atoms with Crippen molar-refractivity contribution in [1.82, 2.24) is 0 Å². The minimum atomic E-state index is -0.668. The van der Waals surface area contributed by atoms with Crippen LogP contribution in [0.3, 0.4) is 0 Å². The number of hydrogen-bond donors (Lipinski definition) is 0. The second-order valence-electron chi connectivity index (χ2n) is 4.29. The van der Waals surface area contributed by atoms with Gasteiger partial charge >= 0.3 is 0 Å². The van der Waals surface area contributed by atoms with Crippen molar-refractivity contribution >= 4 is 0 Å². The molecule has 0 radical (unpaired) electrons. The Bertz CT molecular complexity index is 615. The minimum absolute atomic E-state index is 0.158. The van der Waals surface area contributed by atoms with Crippen molar-refractivity contribution in [2.75, 3.05) is 13.2 Å². The lowest BCUT2D eigenvalue weighted by Crippen LogP contribution is -2.05. The summed E-state index contributed by atoms with van der Waals surface area (Å²) < 4.78 is 36.5. The van der Waals surface area contributed by atoms with E-state index in [1.807, 2.05) is 6.07 Å². The number of halogens is 2. The normalized spacial score (nSPS) is 9.95. The number of ether oxygens (including phenoxy) is 2. The van der Waals surface area contributed by atoms with Crippen LogP contribution >= 0.6 is 0 Å². The maximum absolute atomic E-state index is 12.9. The number of hydrogen-bond acceptors (Lipinski definition) is 3. The highest BCUT2D eigenvalue weighted by atomic mass is 19.1. The molecule has 2 aromatic carbocycles. The minimum Gasteiger partial charge on any atom is -0.493 e. The summed E-state index contributed by atoms with van der Waals surface area (Å²) in [6, 6.07) is 11.8. The summed E-state index contributed by atoms with van der Waals surface area (Å²) in [6.07, 6.45) is 0.568. The van der Waals surface area contributed by atoms with E-state index in [1.165, 1.54) is 0 Å². The molecule has 0 aliphatic heterocycles. The molecule has 0 amide bonds. The van der Waals surface area contributed by atoms with Gasteiger partial charge in [-0.15, -0.1) is 0 Å². The van der Waals surface area contributed by atoms with Crippen molar-refractivity contribution in [2.24, 2.45) is 0 Å². The van der Waals surface area contributed by atoms with Gasteiger partial charge < -0.3 is 9.47 Å². The van der Waals surface area contributed by atoms with E-state index in [-0.39, 0.29) is 5.75 Å². The van der Waals surface area contributed by atoms with Crippen molar-refractivity contribution in [2.45, 2.75) is 6.42 Å².